The molecule has 0 aliphatic heterocycles. The molecule has 134 valence electrons. The highest BCUT2D eigenvalue weighted by Crippen LogP contribution is 2.60. The van der Waals surface area contributed by atoms with Crippen LogP contribution in [0, 0.1) is 23.8 Å². The zero-order chi connectivity index (χ0) is 18.1. The van der Waals surface area contributed by atoms with E-state index in [-0.39, 0.29) is 23.0 Å². The summed E-state index contributed by atoms with van der Waals surface area (Å²) in [6, 6.07) is 9.28. The predicted molar refractivity (Wildman–Crippen MR) is 99.1 cm³/mol. The van der Waals surface area contributed by atoms with E-state index in [2.05, 4.69) is 25.6 Å². The van der Waals surface area contributed by atoms with Crippen molar-refractivity contribution in [1.29, 1.82) is 0 Å². The number of fused-ring (bicyclic) bond motifs is 1. The van der Waals surface area contributed by atoms with Crippen molar-refractivity contribution >= 4 is 5.97 Å². The molecule has 2 aliphatic carbocycles. The zero-order valence-corrected chi connectivity index (χ0v) is 15.6. The van der Waals surface area contributed by atoms with Crippen LogP contribution in [0.2, 0.25) is 0 Å². The average molecular weight is 339 g/mol. The van der Waals surface area contributed by atoms with Gasteiger partial charge in [-0.3, -0.25) is 0 Å². The lowest BCUT2D eigenvalue weighted by atomic mass is 9.59. The largest absolute Gasteiger partial charge is 0.458 e. The van der Waals surface area contributed by atoms with E-state index in [1.54, 1.807) is 0 Å². The first-order valence-corrected chi connectivity index (χ1v) is 9.59. The van der Waals surface area contributed by atoms with E-state index in [0.717, 1.165) is 38.5 Å². The molecule has 0 bridgehead atoms. The molecule has 5 atom stereocenters. The summed E-state index contributed by atoms with van der Waals surface area (Å²) in [4.78, 5) is 16.6. The molecular formula is C22H29NO2. The number of nitrogens with zero attached hydrogens (tertiary/aromatic N) is 1. The zero-order valence-electron chi connectivity index (χ0n) is 15.6. The van der Waals surface area contributed by atoms with Crippen LogP contribution in [-0.2, 0) is 4.74 Å². The first-order valence-electron chi connectivity index (χ1n) is 9.59. The molecule has 1 aromatic carbocycles. The van der Waals surface area contributed by atoms with E-state index < -0.39 is 0 Å². The van der Waals surface area contributed by atoms with Crippen molar-refractivity contribution in [2.75, 3.05) is 0 Å². The maximum atomic E-state index is 12.5. The smallest absolute Gasteiger partial charge is 0.338 e. The van der Waals surface area contributed by atoms with Crippen LogP contribution >= 0.6 is 0 Å². The molecule has 2 aliphatic rings. The number of rotatable bonds is 4. The summed E-state index contributed by atoms with van der Waals surface area (Å²) in [5.74, 6) is 0.569. The Morgan fingerprint density at radius 3 is 2.68 bits per heavy atom. The molecule has 0 spiro atoms. The summed E-state index contributed by atoms with van der Waals surface area (Å²) in [5.41, 5.74) is 0.438. The Bertz CT molecular complexity index is 664. The number of hydrogen-bond acceptors (Lipinski definition) is 2. The standard InChI is InChI=1S/C22H29NO2/c1-5-22(3,23-4)19-14-13-17-18(12-9-15-21(17,19)2)25-20(24)16-10-7-6-8-11-16/h6-8,10-11,17-19H,5,9,12-15H2,1-3H3/t17?,18-,19?,21-,22-/m0/s1. The van der Waals surface area contributed by atoms with Gasteiger partial charge >= 0.3 is 5.97 Å². The Morgan fingerprint density at radius 1 is 1.32 bits per heavy atom. The van der Waals surface area contributed by atoms with E-state index in [0.29, 0.717) is 17.4 Å². The Morgan fingerprint density at radius 2 is 2.04 bits per heavy atom. The van der Waals surface area contributed by atoms with Crippen LogP contribution in [0.25, 0.3) is 4.85 Å². The van der Waals surface area contributed by atoms with Gasteiger partial charge in [-0.05, 0) is 49.7 Å². The van der Waals surface area contributed by atoms with Gasteiger partial charge in [0.25, 0.3) is 0 Å². The number of esters is 1. The second kappa shape index (κ2) is 6.83. The predicted octanol–water partition coefficient (Wildman–Crippen LogP) is 5.52. The molecule has 0 heterocycles. The molecule has 2 fully saturated rings. The van der Waals surface area contributed by atoms with Crippen LogP contribution in [-0.4, -0.2) is 17.6 Å². The Balaban J connectivity index is 1.79. The molecule has 3 nitrogen and oxygen atoms in total. The molecule has 0 radical (unpaired) electrons. The van der Waals surface area contributed by atoms with Gasteiger partial charge in [0.15, 0.2) is 0 Å². The SMILES string of the molecule is [C-]#[N+][C@@](C)(CC)C1CCC2[C@@H](OC(=O)c3ccccc3)CCC[C@@]21C. The number of carbonyl (C=O) groups is 1. The molecule has 1 aromatic rings. The fourth-order valence-corrected chi connectivity index (χ4v) is 5.47. The molecule has 0 N–H and O–H groups in total. The van der Waals surface area contributed by atoms with Gasteiger partial charge in [0.05, 0.1) is 5.56 Å². The van der Waals surface area contributed by atoms with Crippen molar-refractivity contribution in [2.24, 2.45) is 17.3 Å². The van der Waals surface area contributed by atoms with Gasteiger partial charge in [0.1, 0.15) is 6.10 Å². The first kappa shape index (κ1) is 18.0. The van der Waals surface area contributed by atoms with Gasteiger partial charge in [-0.15, -0.1) is 0 Å². The average Bonchev–Trinajstić information content (AvgIpc) is 3.00. The summed E-state index contributed by atoms with van der Waals surface area (Å²) in [7, 11) is 0. The quantitative estimate of drug-likeness (QED) is 0.534. The van der Waals surface area contributed by atoms with Crippen molar-refractivity contribution in [1.82, 2.24) is 0 Å². The molecule has 3 rings (SSSR count). The lowest BCUT2D eigenvalue weighted by Gasteiger charge is -2.46. The Hall–Kier alpha value is -1.82. The van der Waals surface area contributed by atoms with Crippen molar-refractivity contribution in [3.05, 3.63) is 47.3 Å². The van der Waals surface area contributed by atoms with Gasteiger partial charge in [-0.1, -0.05) is 32.0 Å². The summed E-state index contributed by atoms with van der Waals surface area (Å²) in [5, 5.41) is 0. The van der Waals surface area contributed by atoms with Gasteiger partial charge in [-0.25, -0.2) is 11.4 Å². The van der Waals surface area contributed by atoms with E-state index in [1.165, 1.54) is 0 Å². The maximum Gasteiger partial charge on any atom is 0.338 e. The molecule has 25 heavy (non-hydrogen) atoms. The molecule has 0 saturated heterocycles. The molecule has 3 heteroatoms. The summed E-state index contributed by atoms with van der Waals surface area (Å²) in [6.07, 6.45) is 6.20. The van der Waals surface area contributed by atoms with Crippen LogP contribution < -0.4 is 0 Å². The molecule has 2 saturated carbocycles. The maximum absolute atomic E-state index is 12.5. The number of carbonyl (C=O) groups excluding carboxylic acids is 1. The number of benzene rings is 1. The van der Waals surface area contributed by atoms with Crippen LogP contribution in [0.3, 0.4) is 0 Å². The fourth-order valence-electron chi connectivity index (χ4n) is 5.47. The third-order valence-corrected chi connectivity index (χ3v) is 7.05. The lowest BCUT2D eigenvalue weighted by molar-refractivity contribution is -0.0469. The summed E-state index contributed by atoms with van der Waals surface area (Å²) >= 11 is 0. The second-order valence-electron chi connectivity index (χ2n) is 8.27. The molecular weight excluding hydrogens is 310 g/mol. The number of hydrogen-bond donors (Lipinski definition) is 0. The van der Waals surface area contributed by atoms with Crippen LogP contribution in [0.5, 0.6) is 0 Å². The third kappa shape index (κ3) is 3.08. The Labute approximate surface area is 151 Å². The van der Waals surface area contributed by atoms with E-state index >= 15 is 0 Å². The van der Waals surface area contributed by atoms with Crippen molar-refractivity contribution in [3.63, 3.8) is 0 Å². The number of ether oxygens (including phenoxy) is 1. The summed E-state index contributed by atoms with van der Waals surface area (Å²) in [6.45, 7) is 14.3. The first-order chi connectivity index (χ1) is 11.9. The van der Waals surface area contributed by atoms with Crippen LogP contribution in [0.15, 0.2) is 30.3 Å². The normalized spacial score (nSPS) is 33.8. The van der Waals surface area contributed by atoms with Gasteiger partial charge < -0.3 is 9.58 Å². The minimum atomic E-state index is -0.297. The van der Waals surface area contributed by atoms with E-state index in [4.69, 9.17) is 11.3 Å². The van der Waals surface area contributed by atoms with Crippen molar-refractivity contribution < 1.29 is 9.53 Å². The van der Waals surface area contributed by atoms with Gasteiger partial charge in [-0.2, -0.15) is 0 Å². The molecule has 2 unspecified atom stereocenters. The second-order valence-corrected chi connectivity index (χ2v) is 8.27. The minimum Gasteiger partial charge on any atom is -0.458 e. The monoisotopic (exact) mass is 339 g/mol. The van der Waals surface area contributed by atoms with Crippen molar-refractivity contribution in [3.8, 4) is 0 Å². The summed E-state index contributed by atoms with van der Waals surface area (Å²) < 4.78 is 5.97. The third-order valence-electron chi connectivity index (χ3n) is 7.05. The van der Waals surface area contributed by atoms with Crippen LogP contribution in [0.1, 0.15) is 69.7 Å². The highest BCUT2D eigenvalue weighted by atomic mass is 16.5. The molecule has 0 amide bonds. The van der Waals surface area contributed by atoms with Gasteiger partial charge in [0, 0.05) is 25.2 Å². The van der Waals surface area contributed by atoms with E-state index in [9.17, 15) is 4.79 Å². The van der Waals surface area contributed by atoms with Gasteiger partial charge in [0.2, 0.25) is 5.54 Å². The minimum absolute atomic E-state index is 0.0108. The van der Waals surface area contributed by atoms with E-state index in [1.807, 2.05) is 30.3 Å². The van der Waals surface area contributed by atoms with Crippen LogP contribution in [0.4, 0.5) is 0 Å². The highest BCUT2D eigenvalue weighted by Gasteiger charge is 2.60. The lowest BCUT2D eigenvalue weighted by Crippen LogP contribution is -2.47. The van der Waals surface area contributed by atoms with Crippen molar-refractivity contribution in [2.45, 2.75) is 70.9 Å². The highest BCUT2D eigenvalue weighted by molar-refractivity contribution is 5.89. The molecule has 0 aromatic heterocycles. The fraction of sp³-hybridized carbons (Fsp3) is 0.636. The Kier molecular flexibility index (Phi) is 4.91. The topological polar surface area (TPSA) is 30.7 Å².